The molecule has 0 aromatic rings. The molecular formula is C20H30O5. The number of carbonyl (C=O) groups is 1. The molecule has 4 aliphatic rings. The van der Waals surface area contributed by atoms with E-state index in [2.05, 4.69) is 13.0 Å². The van der Waals surface area contributed by atoms with Gasteiger partial charge in [0.25, 0.3) is 0 Å². The molecule has 0 aromatic carbocycles. The molecule has 0 aliphatic heterocycles. The zero-order valence-corrected chi connectivity index (χ0v) is 15.1. The van der Waals surface area contributed by atoms with Crippen molar-refractivity contribution in [3.05, 3.63) is 11.6 Å². The Morgan fingerprint density at radius 3 is 2.60 bits per heavy atom. The second-order valence-electron chi connectivity index (χ2n) is 9.47. The maximum atomic E-state index is 11.8. The van der Waals surface area contributed by atoms with Crippen LogP contribution in [0.1, 0.15) is 58.8 Å². The highest BCUT2D eigenvalue weighted by Crippen LogP contribution is 2.67. The van der Waals surface area contributed by atoms with Crippen molar-refractivity contribution >= 4 is 5.97 Å². The van der Waals surface area contributed by atoms with Crippen LogP contribution in [0.3, 0.4) is 0 Å². The lowest BCUT2D eigenvalue weighted by Crippen LogP contribution is -2.61. The first-order valence-corrected chi connectivity index (χ1v) is 9.65. The van der Waals surface area contributed by atoms with Gasteiger partial charge in [0.15, 0.2) is 5.60 Å². The lowest BCUT2D eigenvalue weighted by molar-refractivity contribution is -0.193. The van der Waals surface area contributed by atoms with Gasteiger partial charge in [0, 0.05) is 5.41 Å². The summed E-state index contributed by atoms with van der Waals surface area (Å²) in [4.78, 5) is 11.8. The minimum absolute atomic E-state index is 0.0919. The highest BCUT2D eigenvalue weighted by atomic mass is 16.4. The number of aliphatic hydroxyl groups is 3. The molecular weight excluding hydrogens is 320 g/mol. The number of hydrogen-bond donors (Lipinski definition) is 4. The van der Waals surface area contributed by atoms with E-state index in [0.717, 1.165) is 19.3 Å². The first kappa shape index (κ1) is 17.5. The van der Waals surface area contributed by atoms with Crippen molar-refractivity contribution < 1.29 is 25.2 Å². The molecule has 0 spiro atoms. The molecule has 0 unspecified atom stereocenters. The molecule has 0 heterocycles. The normalized spacial score (nSPS) is 54.9. The lowest BCUT2D eigenvalue weighted by atomic mass is 9.46. The Balaban J connectivity index is 1.74. The number of carboxylic acid groups (broad SMARTS) is 1. The van der Waals surface area contributed by atoms with Gasteiger partial charge in [0.1, 0.15) is 0 Å². The molecule has 3 saturated carbocycles. The largest absolute Gasteiger partial charge is 0.479 e. The van der Waals surface area contributed by atoms with Crippen LogP contribution in [0.15, 0.2) is 11.6 Å². The number of rotatable bonds is 1. The number of fused-ring (bicyclic) bond motifs is 5. The quantitative estimate of drug-likeness (QED) is 0.543. The average molecular weight is 350 g/mol. The second-order valence-corrected chi connectivity index (χ2v) is 9.47. The Labute approximate surface area is 148 Å². The predicted octanol–water partition coefficient (Wildman–Crippen LogP) is 2.10. The van der Waals surface area contributed by atoms with Gasteiger partial charge in [-0.3, -0.25) is 0 Å². The van der Waals surface area contributed by atoms with Gasteiger partial charge in [-0.2, -0.15) is 0 Å². The Kier molecular flexibility index (Phi) is 3.71. The molecule has 25 heavy (non-hydrogen) atoms. The molecule has 4 rings (SSSR count). The predicted molar refractivity (Wildman–Crippen MR) is 91.7 cm³/mol. The molecule has 4 N–H and O–H groups in total. The van der Waals surface area contributed by atoms with E-state index in [1.54, 1.807) is 0 Å². The average Bonchev–Trinajstić information content (AvgIpc) is 2.80. The molecule has 5 nitrogen and oxygen atoms in total. The third kappa shape index (κ3) is 2.09. The Bertz CT molecular complexity index is 630. The lowest BCUT2D eigenvalue weighted by Gasteiger charge is -2.60. The number of hydrogen-bond acceptors (Lipinski definition) is 4. The van der Waals surface area contributed by atoms with Gasteiger partial charge < -0.3 is 20.4 Å². The van der Waals surface area contributed by atoms with Crippen LogP contribution >= 0.6 is 0 Å². The van der Waals surface area contributed by atoms with Crippen LogP contribution in [0, 0.1) is 28.6 Å². The fourth-order valence-electron chi connectivity index (χ4n) is 7.13. The number of aliphatic hydroxyl groups excluding tert-OH is 2. The van der Waals surface area contributed by atoms with Gasteiger partial charge in [-0.15, -0.1) is 0 Å². The highest BCUT2D eigenvalue weighted by molar-refractivity contribution is 5.79. The summed E-state index contributed by atoms with van der Waals surface area (Å²) in [5.41, 5.74) is -1.37. The van der Waals surface area contributed by atoms with E-state index in [4.69, 9.17) is 0 Å². The second kappa shape index (κ2) is 5.30. The molecule has 3 fully saturated rings. The monoisotopic (exact) mass is 350 g/mol. The van der Waals surface area contributed by atoms with Crippen LogP contribution < -0.4 is 0 Å². The molecule has 140 valence electrons. The van der Waals surface area contributed by atoms with Crippen LogP contribution in [0.4, 0.5) is 0 Å². The van der Waals surface area contributed by atoms with Crippen molar-refractivity contribution in [1.82, 2.24) is 0 Å². The van der Waals surface area contributed by atoms with Crippen molar-refractivity contribution in [2.45, 2.75) is 76.6 Å². The minimum atomic E-state index is -1.74. The van der Waals surface area contributed by atoms with E-state index in [-0.39, 0.29) is 35.7 Å². The van der Waals surface area contributed by atoms with Gasteiger partial charge in [0.2, 0.25) is 0 Å². The smallest absolute Gasteiger partial charge is 0.336 e. The summed E-state index contributed by atoms with van der Waals surface area (Å²) >= 11 is 0. The summed E-state index contributed by atoms with van der Waals surface area (Å²) in [5, 5.41) is 41.7. The molecule has 8 atom stereocenters. The summed E-state index contributed by atoms with van der Waals surface area (Å²) in [6.45, 7) is 4.08. The summed E-state index contributed by atoms with van der Waals surface area (Å²) in [6, 6.07) is 0. The summed E-state index contributed by atoms with van der Waals surface area (Å²) in [7, 11) is 0. The summed E-state index contributed by atoms with van der Waals surface area (Å²) in [6.07, 6.45) is 5.77. The maximum Gasteiger partial charge on any atom is 0.336 e. The topological polar surface area (TPSA) is 98.0 Å². The number of carboxylic acids is 1. The third-order valence-corrected chi connectivity index (χ3v) is 8.52. The molecule has 0 saturated heterocycles. The first-order valence-electron chi connectivity index (χ1n) is 9.65. The van der Waals surface area contributed by atoms with E-state index in [1.807, 2.05) is 6.92 Å². The standard InChI is InChI=1S/C20H30O5/c1-18-7-5-12(21)9-11(18)3-4-13-14-6-8-20(25,17(23)24)19(14,2)10-15(22)16(13)18/h3,12-16,21-22,25H,4-10H2,1-2H3,(H,23,24)/t12-,13-,14-,15-,16+,18-,19-,20-/m0/s1. The van der Waals surface area contributed by atoms with Gasteiger partial charge in [0.05, 0.1) is 12.2 Å². The van der Waals surface area contributed by atoms with Crippen molar-refractivity contribution in [2.24, 2.45) is 28.6 Å². The Morgan fingerprint density at radius 2 is 1.92 bits per heavy atom. The molecule has 0 amide bonds. The maximum absolute atomic E-state index is 11.8. The van der Waals surface area contributed by atoms with E-state index in [9.17, 15) is 25.2 Å². The van der Waals surface area contributed by atoms with E-state index in [0.29, 0.717) is 19.3 Å². The zero-order valence-electron chi connectivity index (χ0n) is 15.1. The van der Waals surface area contributed by atoms with Crippen LogP contribution in [0.2, 0.25) is 0 Å². The fourth-order valence-corrected chi connectivity index (χ4v) is 7.13. The number of allylic oxidation sites excluding steroid dienone is 1. The van der Waals surface area contributed by atoms with Crippen molar-refractivity contribution in [1.29, 1.82) is 0 Å². The summed E-state index contributed by atoms with van der Waals surface area (Å²) < 4.78 is 0. The Hall–Kier alpha value is -0.910. The molecule has 0 aromatic heterocycles. The van der Waals surface area contributed by atoms with Crippen molar-refractivity contribution in [2.75, 3.05) is 0 Å². The van der Waals surface area contributed by atoms with Crippen LogP contribution in [-0.2, 0) is 4.79 Å². The highest BCUT2D eigenvalue weighted by Gasteiger charge is 2.68. The third-order valence-electron chi connectivity index (χ3n) is 8.52. The van der Waals surface area contributed by atoms with Crippen LogP contribution in [0.25, 0.3) is 0 Å². The zero-order chi connectivity index (χ0) is 18.2. The number of aliphatic carboxylic acids is 1. The van der Waals surface area contributed by atoms with Gasteiger partial charge in [-0.25, -0.2) is 4.79 Å². The van der Waals surface area contributed by atoms with Gasteiger partial charge in [-0.1, -0.05) is 25.5 Å². The fraction of sp³-hybridized carbons (Fsp3) is 0.850. The first-order chi connectivity index (χ1) is 11.6. The Morgan fingerprint density at radius 1 is 1.20 bits per heavy atom. The van der Waals surface area contributed by atoms with E-state index >= 15 is 0 Å². The van der Waals surface area contributed by atoms with Crippen LogP contribution in [0.5, 0.6) is 0 Å². The minimum Gasteiger partial charge on any atom is -0.479 e. The summed E-state index contributed by atoms with van der Waals surface area (Å²) in [5.74, 6) is -0.744. The van der Waals surface area contributed by atoms with Crippen molar-refractivity contribution in [3.63, 3.8) is 0 Å². The molecule has 5 heteroatoms. The molecule has 0 bridgehead atoms. The molecule has 4 aliphatic carbocycles. The molecule has 0 radical (unpaired) electrons. The van der Waals surface area contributed by atoms with Crippen molar-refractivity contribution in [3.8, 4) is 0 Å². The SMILES string of the molecule is C[C@]12CC[C@H](O)CC1=CC[C@@H]1[C@@H]2[C@@H](O)C[C@@]2(C)[C@H]1CC[C@]2(O)C(=O)O. The van der Waals surface area contributed by atoms with E-state index in [1.165, 1.54) is 5.57 Å². The van der Waals surface area contributed by atoms with E-state index < -0.39 is 23.1 Å². The van der Waals surface area contributed by atoms with Crippen LogP contribution in [-0.4, -0.2) is 44.2 Å². The van der Waals surface area contributed by atoms with Gasteiger partial charge in [-0.05, 0) is 68.1 Å². The van der Waals surface area contributed by atoms with Gasteiger partial charge >= 0.3 is 5.97 Å².